The summed E-state index contributed by atoms with van der Waals surface area (Å²) < 4.78 is 47.0. The van der Waals surface area contributed by atoms with Gasteiger partial charge >= 0.3 is 0 Å². The predicted molar refractivity (Wildman–Crippen MR) is 120 cm³/mol. The summed E-state index contributed by atoms with van der Waals surface area (Å²) in [6.45, 7) is 9.27. The Morgan fingerprint density at radius 2 is 1.94 bits per heavy atom. The fourth-order valence-electron chi connectivity index (χ4n) is 6.54. The number of amides is 1. The van der Waals surface area contributed by atoms with Gasteiger partial charge in [-0.2, -0.15) is 0 Å². The van der Waals surface area contributed by atoms with Crippen LogP contribution in [-0.4, -0.2) is 39.6 Å². The summed E-state index contributed by atoms with van der Waals surface area (Å²) in [6, 6.07) is 4.93. The van der Waals surface area contributed by atoms with E-state index in [9.17, 15) is 17.6 Å². The minimum absolute atomic E-state index is 0.0114. The highest BCUT2D eigenvalue weighted by molar-refractivity contribution is 7.89. The van der Waals surface area contributed by atoms with Crippen molar-refractivity contribution in [1.29, 1.82) is 0 Å². The lowest BCUT2D eigenvalue weighted by molar-refractivity contribution is -0.138. The second-order valence-corrected chi connectivity index (χ2v) is 12.5. The van der Waals surface area contributed by atoms with Crippen molar-refractivity contribution in [2.75, 3.05) is 13.2 Å². The van der Waals surface area contributed by atoms with E-state index in [1.54, 1.807) is 0 Å². The fourth-order valence-corrected chi connectivity index (χ4v) is 7.58. The van der Waals surface area contributed by atoms with Crippen LogP contribution in [0.25, 0.3) is 0 Å². The number of carbonyl (C=O) groups excluding carboxylic acids is 1. The zero-order chi connectivity index (χ0) is 23.3. The van der Waals surface area contributed by atoms with Crippen LogP contribution in [0, 0.1) is 34.4 Å². The van der Waals surface area contributed by atoms with Crippen LogP contribution >= 0.6 is 0 Å². The Morgan fingerprint density at radius 1 is 1.25 bits per heavy atom. The number of carbonyl (C=O) groups is 1. The van der Waals surface area contributed by atoms with Crippen molar-refractivity contribution < 1.29 is 22.3 Å². The molecule has 6 nitrogen and oxygen atoms in total. The van der Waals surface area contributed by atoms with Crippen LogP contribution < -0.4 is 10.0 Å². The quantitative estimate of drug-likeness (QED) is 0.644. The van der Waals surface area contributed by atoms with E-state index in [4.69, 9.17) is 4.74 Å². The summed E-state index contributed by atoms with van der Waals surface area (Å²) in [5.74, 6) is 0.394. The second-order valence-electron chi connectivity index (χ2n) is 10.7. The Kier molecular flexibility index (Phi) is 6.18. The van der Waals surface area contributed by atoms with Crippen molar-refractivity contribution in [3.63, 3.8) is 0 Å². The molecule has 1 heterocycles. The SMILES string of the molecule is CC(C)C(=O)N[C@H]1C(C)(C)[C@@H]2C[C@@H]3[C@@H](CCNS(=O)(=O)c4ccc(F)cc4)OCC[C@@]31C2. The maximum Gasteiger partial charge on any atom is 0.240 e. The zero-order valence-corrected chi connectivity index (χ0v) is 20.2. The molecule has 1 saturated heterocycles. The summed E-state index contributed by atoms with van der Waals surface area (Å²) in [7, 11) is -3.70. The molecule has 1 aromatic carbocycles. The largest absolute Gasteiger partial charge is 0.378 e. The molecule has 0 unspecified atom stereocenters. The van der Waals surface area contributed by atoms with Crippen molar-refractivity contribution in [3.8, 4) is 0 Å². The molecule has 1 spiro atoms. The summed E-state index contributed by atoms with van der Waals surface area (Å²) in [6.07, 6.45) is 3.61. The normalized spacial score (nSPS) is 33.3. The van der Waals surface area contributed by atoms with E-state index in [0.29, 0.717) is 24.9 Å². The number of benzene rings is 1. The van der Waals surface area contributed by atoms with Gasteiger partial charge in [0.1, 0.15) is 5.82 Å². The van der Waals surface area contributed by atoms with Crippen LogP contribution in [0.1, 0.15) is 53.4 Å². The first-order valence-electron chi connectivity index (χ1n) is 11.6. The van der Waals surface area contributed by atoms with Gasteiger partial charge < -0.3 is 10.1 Å². The molecule has 5 atom stereocenters. The highest BCUT2D eigenvalue weighted by atomic mass is 32.2. The molecule has 3 aliphatic rings. The first-order valence-corrected chi connectivity index (χ1v) is 13.1. The summed E-state index contributed by atoms with van der Waals surface area (Å²) in [5.41, 5.74) is 0.0462. The van der Waals surface area contributed by atoms with Gasteiger partial charge in [0.15, 0.2) is 0 Å². The second kappa shape index (κ2) is 8.37. The monoisotopic (exact) mass is 466 g/mol. The van der Waals surface area contributed by atoms with Crippen LogP contribution in [-0.2, 0) is 19.6 Å². The molecule has 1 amide bonds. The summed E-state index contributed by atoms with van der Waals surface area (Å²) in [5, 5.41) is 3.38. The third-order valence-corrected chi connectivity index (χ3v) is 9.76. The Balaban J connectivity index is 1.45. The Morgan fingerprint density at radius 3 is 2.59 bits per heavy atom. The van der Waals surface area contributed by atoms with Crippen molar-refractivity contribution in [2.45, 2.75) is 70.4 Å². The van der Waals surface area contributed by atoms with E-state index in [1.807, 2.05) is 13.8 Å². The average molecular weight is 467 g/mol. The number of nitrogens with one attached hydrogen (secondary N) is 2. The average Bonchev–Trinajstić information content (AvgIpc) is 3.21. The van der Waals surface area contributed by atoms with Gasteiger partial charge in [-0.1, -0.05) is 27.7 Å². The van der Waals surface area contributed by atoms with Crippen LogP contribution in [0.3, 0.4) is 0 Å². The molecule has 32 heavy (non-hydrogen) atoms. The van der Waals surface area contributed by atoms with Gasteiger partial charge in [-0.05, 0) is 72.6 Å². The molecular formula is C24H35FN2O4S. The Hall–Kier alpha value is -1.51. The molecule has 2 saturated carbocycles. The van der Waals surface area contributed by atoms with Gasteiger partial charge in [-0.3, -0.25) is 4.79 Å². The first-order chi connectivity index (χ1) is 15.0. The number of hydrogen-bond donors (Lipinski definition) is 2. The Labute approximate surface area is 190 Å². The highest BCUT2D eigenvalue weighted by Crippen LogP contribution is 2.68. The molecule has 178 valence electrons. The molecule has 8 heteroatoms. The Bertz CT molecular complexity index is 963. The molecule has 2 bridgehead atoms. The van der Waals surface area contributed by atoms with E-state index in [-0.39, 0.29) is 46.2 Å². The molecule has 4 rings (SSSR count). The summed E-state index contributed by atoms with van der Waals surface area (Å²) >= 11 is 0. The van der Waals surface area contributed by atoms with Crippen molar-refractivity contribution in [2.24, 2.45) is 28.6 Å². The van der Waals surface area contributed by atoms with E-state index in [0.717, 1.165) is 31.4 Å². The molecule has 1 aliphatic heterocycles. The van der Waals surface area contributed by atoms with E-state index < -0.39 is 15.8 Å². The van der Waals surface area contributed by atoms with Crippen LogP contribution in [0.2, 0.25) is 0 Å². The molecule has 2 N–H and O–H groups in total. The van der Waals surface area contributed by atoms with Gasteiger partial charge in [-0.25, -0.2) is 17.5 Å². The van der Waals surface area contributed by atoms with E-state index in [1.165, 1.54) is 12.1 Å². The lowest BCUT2D eigenvalue weighted by atomic mass is 9.59. The smallest absolute Gasteiger partial charge is 0.240 e. The van der Waals surface area contributed by atoms with E-state index in [2.05, 4.69) is 23.9 Å². The van der Waals surface area contributed by atoms with Gasteiger partial charge in [0, 0.05) is 25.1 Å². The lowest BCUT2D eigenvalue weighted by Gasteiger charge is -2.53. The molecule has 0 radical (unpaired) electrons. The molecule has 3 fully saturated rings. The number of fused-ring (bicyclic) bond motifs is 1. The fraction of sp³-hybridized carbons (Fsp3) is 0.708. The number of halogens is 1. The number of ether oxygens (including phenoxy) is 1. The maximum atomic E-state index is 13.1. The van der Waals surface area contributed by atoms with Crippen molar-refractivity contribution >= 4 is 15.9 Å². The highest BCUT2D eigenvalue weighted by Gasteiger charge is 2.68. The standard InChI is InChI=1S/C24H35FN2O4S/c1-15(2)21(28)27-22-23(3,4)16-13-19-20(31-12-10-24(19,22)14-16)9-11-26-32(29,30)18-7-5-17(25)6-8-18/h5-8,15-16,19-20,22,26H,9-14H2,1-4H3,(H,27,28)/t16-,19-,20-,22+,24-/m1/s1. The van der Waals surface area contributed by atoms with Gasteiger partial charge in [0.2, 0.25) is 15.9 Å². The first kappa shape index (κ1) is 23.6. The zero-order valence-electron chi connectivity index (χ0n) is 19.4. The van der Waals surface area contributed by atoms with Crippen molar-refractivity contribution in [3.05, 3.63) is 30.1 Å². The lowest BCUT2D eigenvalue weighted by Crippen LogP contribution is -2.60. The minimum atomic E-state index is -3.70. The predicted octanol–water partition coefficient (Wildman–Crippen LogP) is 3.48. The summed E-state index contributed by atoms with van der Waals surface area (Å²) in [4.78, 5) is 12.7. The van der Waals surface area contributed by atoms with E-state index >= 15 is 0 Å². The maximum absolute atomic E-state index is 13.1. The molecule has 0 aromatic heterocycles. The minimum Gasteiger partial charge on any atom is -0.378 e. The topological polar surface area (TPSA) is 84.5 Å². The molecule has 2 aliphatic carbocycles. The molecular weight excluding hydrogens is 431 g/mol. The van der Waals surface area contributed by atoms with Crippen LogP contribution in [0.4, 0.5) is 4.39 Å². The van der Waals surface area contributed by atoms with Gasteiger partial charge in [-0.15, -0.1) is 0 Å². The third-order valence-electron chi connectivity index (χ3n) is 8.28. The van der Waals surface area contributed by atoms with Crippen LogP contribution in [0.15, 0.2) is 29.2 Å². The third kappa shape index (κ3) is 3.99. The number of rotatable bonds is 7. The van der Waals surface area contributed by atoms with Crippen LogP contribution in [0.5, 0.6) is 0 Å². The number of sulfonamides is 1. The van der Waals surface area contributed by atoms with Gasteiger partial charge in [0.25, 0.3) is 0 Å². The molecule has 1 aromatic rings. The number of hydrogen-bond acceptors (Lipinski definition) is 4. The van der Waals surface area contributed by atoms with Crippen molar-refractivity contribution in [1.82, 2.24) is 10.0 Å². The van der Waals surface area contributed by atoms with Gasteiger partial charge in [0.05, 0.1) is 11.0 Å².